The number of hydrogen-bond acceptors (Lipinski definition) is 7. The molecule has 0 aromatic carbocycles. The minimum Gasteiger partial charge on any atom is -0.374 e. The largest absolute Gasteiger partial charge is 0.374 e. The summed E-state index contributed by atoms with van der Waals surface area (Å²) in [6.45, 7) is 7.07. The first-order chi connectivity index (χ1) is 10.1. The number of nitrogens with one attached hydrogen (secondary N) is 2. The van der Waals surface area contributed by atoms with E-state index in [1.54, 1.807) is 11.3 Å². The number of thiazole rings is 1. The highest BCUT2D eigenvalue weighted by molar-refractivity contribution is 7.09. The predicted octanol–water partition coefficient (Wildman–Crippen LogP) is 2.99. The van der Waals surface area contributed by atoms with Gasteiger partial charge in [0.15, 0.2) is 5.82 Å². The summed E-state index contributed by atoms with van der Waals surface area (Å²) in [6, 6.07) is 1.98. The van der Waals surface area contributed by atoms with Crippen molar-refractivity contribution in [3.05, 3.63) is 28.0 Å². The minimum atomic E-state index is 0.100. The van der Waals surface area contributed by atoms with Crippen LogP contribution in [0.15, 0.2) is 11.4 Å². The van der Waals surface area contributed by atoms with Gasteiger partial charge in [-0.25, -0.2) is 15.0 Å². The Kier molecular flexibility index (Phi) is 5.46. The smallest absolute Gasteiger partial charge is 0.158 e. The lowest BCUT2D eigenvalue weighted by Crippen LogP contribution is -2.11. The normalized spacial score (nSPS) is 12.2. The fourth-order valence-electron chi connectivity index (χ4n) is 1.81. The van der Waals surface area contributed by atoms with Gasteiger partial charge in [0, 0.05) is 30.8 Å². The van der Waals surface area contributed by atoms with Gasteiger partial charge in [-0.2, -0.15) is 0 Å². The monoisotopic (exact) mass is 307 g/mol. The van der Waals surface area contributed by atoms with E-state index in [0.717, 1.165) is 22.3 Å². The topological polar surface area (TPSA) is 72.0 Å². The third-order valence-corrected chi connectivity index (χ3v) is 3.98. The molecule has 21 heavy (non-hydrogen) atoms. The zero-order valence-electron chi connectivity index (χ0n) is 12.8. The first kappa shape index (κ1) is 15.7. The van der Waals surface area contributed by atoms with Gasteiger partial charge in [-0.3, -0.25) is 0 Å². The lowest BCUT2D eigenvalue weighted by Gasteiger charge is -2.14. The van der Waals surface area contributed by atoms with Crippen molar-refractivity contribution in [2.24, 2.45) is 0 Å². The fourth-order valence-corrected chi connectivity index (χ4v) is 2.62. The molecule has 0 saturated carbocycles. The molecule has 0 aliphatic heterocycles. The second kappa shape index (κ2) is 7.33. The molecule has 6 nitrogen and oxygen atoms in total. The highest BCUT2D eigenvalue weighted by Crippen LogP contribution is 2.22. The van der Waals surface area contributed by atoms with Gasteiger partial charge in [-0.15, -0.1) is 11.3 Å². The van der Waals surface area contributed by atoms with E-state index < -0.39 is 0 Å². The van der Waals surface area contributed by atoms with Crippen molar-refractivity contribution in [3.63, 3.8) is 0 Å². The number of nitrogens with zero attached hydrogens (tertiary/aromatic N) is 3. The van der Waals surface area contributed by atoms with E-state index in [1.807, 2.05) is 32.3 Å². The van der Waals surface area contributed by atoms with Gasteiger partial charge < -0.3 is 15.4 Å². The van der Waals surface area contributed by atoms with Crippen molar-refractivity contribution in [1.82, 2.24) is 15.0 Å². The van der Waals surface area contributed by atoms with Crippen molar-refractivity contribution < 1.29 is 4.74 Å². The van der Waals surface area contributed by atoms with E-state index in [4.69, 9.17) is 4.74 Å². The molecule has 0 fully saturated rings. The second-order valence-corrected chi connectivity index (χ2v) is 5.52. The zero-order chi connectivity index (χ0) is 15.2. The van der Waals surface area contributed by atoms with E-state index >= 15 is 0 Å². The Morgan fingerprint density at radius 3 is 2.67 bits per heavy atom. The van der Waals surface area contributed by atoms with Crippen LogP contribution in [-0.2, 0) is 11.3 Å². The van der Waals surface area contributed by atoms with E-state index in [0.29, 0.717) is 19.0 Å². The van der Waals surface area contributed by atoms with Crippen LogP contribution in [0.5, 0.6) is 0 Å². The Labute approximate surface area is 129 Å². The van der Waals surface area contributed by atoms with Gasteiger partial charge in [0.2, 0.25) is 0 Å². The van der Waals surface area contributed by atoms with Crippen molar-refractivity contribution in [1.29, 1.82) is 0 Å². The lowest BCUT2D eigenvalue weighted by atomic mass is 10.3. The van der Waals surface area contributed by atoms with Crippen LogP contribution < -0.4 is 10.6 Å². The number of ether oxygens (including phenoxy) is 1. The highest BCUT2D eigenvalue weighted by Gasteiger charge is 2.11. The average molecular weight is 307 g/mol. The van der Waals surface area contributed by atoms with Crippen LogP contribution in [0.3, 0.4) is 0 Å². The van der Waals surface area contributed by atoms with Crippen molar-refractivity contribution in [2.75, 3.05) is 24.3 Å². The van der Waals surface area contributed by atoms with Gasteiger partial charge in [-0.1, -0.05) is 0 Å². The van der Waals surface area contributed by atoms with E-state index in [1.165, 1.54) is 0 Å². The summed E-state index contributed by atoms with van der Waals surface area (Å²) in [7, 11) is 1.84. The number of aryl methyl sites for hydroxylation is 1. The van der Waals surface area contributed by atoms with Crippen LogP contribution >= 0.6 is 11.3 Å². The number of aromatic nitrogens is 3. The first-order valence-corrected chi connectivity index (χ1v) is 7.82. The molecular formula is C14H21N5OS. The maximum atomic E-state index is 5.38. The predicted molar refractivity (Wildman–Crippen MR) is 85.8 cm³/mol. The van der Waals surface area contributed by atoms with Crippen LogP contribution in [0, 0.1) is 6.92 Å². The Hall–Kier alpha value is -1.73. The maximum Gasteiger partial charge on any atom is 0.158 e. The van der Waals surface area contributed by atoms with Crippen LogP contribution in [0.25, 0.3) is 0 Å². The minimum absolute atomic E-state index is 0.100. The third kappa shape index (κ3) is 4.37. The van der Waals surface area contributed by atoms with Gasteiger partial charge in [0.1, 0.15) is 23.3 Å². The van der Waals surface area contributed by atoms with Crippen LogP contribution in [0.2, 0.25) is 0 Å². The molecule has 2 aromatic rings. The SMILES string of the molecule is CCOCc1nc(NC)cc(NC(C)c2nc(C)cs2)n1. The zero-order valence-corrected chi connectivity index (χ0v) is 13.6. The van der Waals surface area contributed by atoms with E-state index in [2.05, 4.69) is 32.5 Å². The Bertz CT molecular complexity index is 586. The Balaban J connectivity index is 2.14. The summed E-state index contributed by atoms with van der Waals surface area (Å²) in [5.41, 5.74) is 1.04. The molecule has 0 bridgehead atoms. The molecule has 1 atom stereocenters. The van der Waals surface area contributed by atoms with Crippen LogP contribution in [0.1, 0.15) is 36.4 Å². The number of hydrogen-bond donors (Lipinski definition) is 2. The molecule has 0 spiro atoms. The molecule has 2 N–H and O–H groups in total. The standard InChI is InChI=1S/C14H21N5OS/c1-5-20-7-13-18-11(15-4)6-12(19-13)17-10(3)14-16-9(2)8-21-14/h6,8,10H,5,7H2,1-4H3,(H2,15,17,18,19). The summed E-state index contributed by atoms with van der Waals surface area (Å²) in [6.07, 6.45) is 0. The van der Waals surface area contributed by atoms with E-state index in [-0.39, 0.29) is 6.04 Å². The second-order valence-electron chi connectivity index (χ2n) is 4.63. The lowest BCUT2D eigenvalue weighted by molar-refractivity contribution is 0.128. The van der Waals surface area contributed by atoms with E-state index in [9.17, 15) is 0 Å². The summed E-state index contributed by atoms with van der Waals surface area (Å²) in [5, 5.41) is 9.50. The van der Waals surface area contributed by atoms with Gasteiger partial charge in [-0.05, 0) is 20.8 Å². The van der Waals surface area contributed by atoms with Crippen LogP contribution in [0.4, 0.5) is 11.6 Å². The quantitative estimate of drug-likeness (QED) is 0.819. The molecule has 114 valence electrons. The maximum absolute atomic E-state index is 5.38. The van der Waals surface area contributed by atoms with Gasteiger partial charge in [0.25, 0.3) is 0 Å². The molecule has 2 rings (SSSR count). The van der Waals surface area contributed by atoms with Gasteiger partial charge in [0.05, 0.1) is 6.04 Å². The average Bonchev–Trinajstić information content (AvgIpc) is 2.91. The van der Waals surface area contributed by atoms with Crippen LogP contribution in [-0.4, -0.2) is 28.6 Å². The molecule has 1 unspecified atom stereocenters. The molecule has 0 saturated heterocycles. The molecule has 2 aromatic heterocycles. The molecule has 0 aliphatic carbocycles. The molecule has 2 heterocycles. The fraction of sp³-hybridized carbons (Fsp3) is 0.500. The first-order valence-electron chi connectivity index (χ1n) is 6.94. The van der Waals surface area contributed by atoms with Crippen molar-refractivity contribution in [3.8, 4) is 0 Å². The molecular weight excluding hydrogens is 286 g/mol. The third-order valence-electron chi connectivity index (χ3n) is 2.84. The Morgan fingerprint density at radius 2 is 2.05 bits per heavy atom. The molecule has 0 radical (unpaired) electrons. The van der Waals surface area contributed by atoms with Gasteiger partial charge >= 0.3 is 0 Å². The van der Waals surface area contributed by atoms with Crippen molar-refractivity contribution >= 4 is 23.0 Å². The summed E-state index contributed by atoms with van der Waals surface area (Å²) < 4.78 is 5.38. The van der Waals surface area contributed by atoms with Crippen molar-refractivity contribution in [2.45, 2.75) is 33.4 Å². The molecule has 7 heteroatoms. The summed E-state index contributed by atoms with van der Waals surface area (Å²) >= 11 is 1.65. The number of rotatable bonds is 7. The highest BCUT2D eigenvalue weighted by atomic mass is 32.1. The molecule has 0 amide bonds. The number of anilines is 2. The summed E-state index contributed by atoms with van der Waals surface area (Å²) in [4.78, 5) is 13.3. The summed E-state index contributed by atoms with van der Waals surface area (Å²) in [5.74, 6) is 2.20. The Morgan fingerprint density at radius 1 is 1.29 bits per heavy atom. The molecule has 0 aliphatic rings.